The average molecular weight is 309 g/mol. The third-order valence-electron chi connectivity index (χ3n) is 6.73. The van der Waals surface area contributed by atoms with E-state index in [0.717, 1.165) is 32.0 Å². The number of allylic oxidation sites excluding steroid dienone is 2. The molecule has 1 saturated carbocycles. The molecule has 1 N–H and O–H groups in total. The summed E-state index contributed by atoms with van der Waals surface area (Å²) in [5.41, 5.74) is 1.19. The van der Waals surface area contributed by atoms with Crippen LogP contribution in [0.1, 0.15) is 73.6 Å². The van der Waals surface area contributed by atoms with Gasteiger partial charge in [0.25, 0.3) is 0 Å². The number of carbonyl (C=O) groups excluding carboxylic acids is 1. The number of aldehydes is 1. The second kappa shape index (κ2) is 8.29. The first-order chi connectivity index (χ1) is 10.4. The zero-order valence-electron chi connectivity index (χ0n) is 15.4. The van der Waals surface area contributed by atoms with Gasteiger partial charge in [0, 0.05) is 0 Å². The summed E-state index contributed by atoms with van der Waals surface area (Å²) in [7, 11) is 0. The second-order valence-corrected chi connectivity index (χ2v) is 7.55. The van der Waals surface area contributed by atoms with Crippen LogP contribution in [-0.4, -0.2) is 17.5 Å². The summed E-state index contributed by atoms with van der Waals surface area (Å²) in [5, 5.41) is 10.8. The van der Waals surface area contributed by atoms with Crippen LogP contribution in [0.4, 0.5) is 0 Å². The fraction of sp³-hybridized carbons (Fsp3) is 0.850. The monoisotopic (exact) mass is 308 g/mol. The first-order valence-electron chi connectivity index (χ1n) is 9.20. The predicted molar refractivity (Wildman–Crippen MR) is 93.7 cm³/mol. The van der Waals surface area contributed by atoms with Gasteiger partial charge >= 0.3 is 0 Å². The lowest BCUT2D eigenvalue weighted by atomic mass is 9.53. The van der Waals surface area contributed by atoms with E-state index in [0.29, 0.717) is 17.8 Å². The van der Waals surface area contributed by atoms with E-state index in [4.69, 9.17) is 0 Å². The van der Waals surface area contributed by atoms with Gasteiger partial charge in [0.1, 0.15) is 6.29 Å². The highest BCUT2D eigenvalue weighted by atomic mass is 16.3. The predicted octanol–water partition coefficient (Wildman–Crippen LogP) is 5.01. The molecular formula is C20H36O2. The van der Waals surface area contributed by atoms with E-state index in [1.54, 1.807) is 6.08 Å². The van der Waals surface area contributed by atoms with Crippen LogP contribution in [0.25, 0.3) is 0 Å². The number of aliphatic hydroxyl groups is 1. The maximum Gasteiger partial charge on any atom is 0.142 e. The largest absolute Gasteiger partial charge is 0.393 e. The van der Waals surface area contributed by atoms with Gasteiger partial charge in [-0.2, -0.15) is 0 Å². The molecule has 2 heteroatoms. The van der Waals surface area contributed by atoms with Crippen molar-refractivity contribution in [3.05, 3.63) is 11.6 Å². The lowest BCUT2D eigenvalue weighted by Crippen LogP contribution is -2.48. The summed E-state index contributed by atoms with van der Waals surface area (Å²) < 4.78 is 0. The Morgan fingerprint density at radius 2 is 1.91 bits per heavy atom. The molecule has 2 nitrogen and oxygen atoms in total. The molecular weight excluding hydrogens is 272 g/mol. The van der Waals surface area contributed by atoms with E-state index >= 15 is 0 Å². The average Bonchev–Trinajstić information content (AvgIpc) is 2.54. The third kappa shape index (κ3) is 3.64. The maximum absolute atomic E-state index is 11.1. The number of hydrogen-bond acceptors (Lipinski definition) is 2. The summed E-state index contributed by atoms with van der Waals surface area (Å²) in [6, 6.07) is 0. The van der Waals surface area contributed by atoms with Crippen molar-refractivity contribution in [3.63, 3.8) is 0 Å². The molecule has 0 bridgehead atoms. The molecule has 0 saturated heterocycles. The van der Waals surface area contributed by atoms with Crippen molar-refractivity contribution < 1.29 is 9.90 Å². The maximum atomic E-state index is 11.1. The van der Waals surface area contributed by atoms with Crippen LogP contribution >= 0.6 is 0 Å². The Bertz CT molecular complexity index is 387. The fourth-order valence-corrected chi connectivity index (χ4v) is 4.64. The van der Waals surface area contributed by atoms with E-state index in [1.807, 2.05) is 0 Å². The van der Waals surface area contributed by atoms with Crippen LogP contribution in [-0.2, 0) is 4.79 Å². The molecule has 0 aromatic rings. The molecule has 0 aromatic heterocycles. The minimum absolute atomic E-state index is 0.0546. The van der Waals surface area contributed by atoms with Crippen molar-refractivity contribution in [1.29, 1.82) is 0 Å². The highest BCUT2D eigenvalue weighted by molar-refractivity contribution is 5.66. The van der Waals surface area contributed by atoms with Gasteiger partial charge in [-0.25, -0.2) is 0 Å². The van der Waals surface area contributed by atoms with Crippen LogP contribution in [0.3, 0.4) is 0 Å². The normalized spacial score (nSPS) is 35.1. The highest BCUT2D eigenvalue weighted by Gasteiger charge is 2.48. The van der Waals surface area contributed by atoms with Gasteiger partial charge in [-0.15, -0.1) is 0 Å². The molecule has 0 amide bonds. The number of rotatable bonds is 7. The summed E-state index contributed by atoms with van der Waals surface area (Å²) in [5.74, 6) is 2.08. The van der Waals surface area contributed by atoms with Crippen molar-refractivity contribution in [2.24, 2.45) is 29.1 Å². The molecule has 1 rings (SSSR count). The summed E-state index contributed by atoms with van der Waals surface area (Å²) in [4.78, 5) is 11.1. The first-order valence-corrected chi connectivity index (χ1v) is 9.20. The van der Waals surface area contributed by atoms with Gasteiger partial charge in [0.2, 0.25) is 0 Å². The van der Waals surface area contributed by atoms with Crippen LogP contribution in [0.5, 0.6) is 0 Å². The van der Waals surface area contributed by atoms with Gasteiger partial charge in [-0.3, -0.25) is 4.79 Å². The Balaban J connectivity index is 3.25. The van der Waals surface area contributed by atoms with E-state index < -0.39 is 0 Å². The molecule has 128 valence electrons. The zero-order chi connectivity index (χ0) is 16.9. The lowest BCUT2D eigenvalue weighted by Gasteiger charge is -2.52. The molecule has 0 aliphatic heterocycles. The summed E-state index contributed by atoms with van der Waals surface area (Å²) in [6.45, 7) is 13.5. The van der Waals surface area contributed by atoms with Gasteiger partial charge in [-0.1, -0.05) is 53.5 Å². The van der Waals surface area contributed by atoms with Crippen molar-refractivity contribution >= 4 is 6.29 Å². The molecule has 1 aliphatic carbocycles. The zero-order valence-corrected chi connectivity index (χ0v) is 15.4. The van der Waals surface area contributed by atoms with Crippen LogP contribution in [0.2, 0.25) is 0 Å². The molecule has 0 radical (unpaired) electrons. The summed E-state index contributed by atoms with van der Waals surface area (Å²) >= 11 is 0. The summed E-state index contributed by atoms with van der Waals surface area (Å²) in [6.07, 6.45) is 7.48. The molecule has 6 atom stereocenters. The first kappa shape index (κ1) is 19.4. The topological polar surface area (TPSA) is 37.3 Å². The molecule has 0 spiro atoms. The van der Waals surface area contributed by atoms with Gasteiger partial charge in [0.15, 0.2) is 0 Å². The molecule has 0 heterocycles. The van der Waals surface area contributed by atoms with Gasteiger partial charge < -0.3 is 5.11 Å². The molecule has 22 heavy (non-hydrogen) atoms. The van der Waals surface area contributed by atoms with E-state index in [1.165, 1.54) is 12.0 Å². The number of carbonyl (C=O) groups is 1. The van der Waals surface area contributed by atoms with E-state index in [2.05, 4.69) is 41.5 Å². The number of hydrogen-bond donors (Lipinski definition) is 1. The quantitative estimate of drug-likeness (QED) is 0.530. The highest BCUT2D eigenvalue weighted by Crippen LogP contribution is 2.54. The third-order valence-corrected chi connectivity index (χ3v) is 6.73. The Morgan fingerprint density at radius 1 is 1.27 bits per heavy atom. The van der Waals surface area contributed by atoms with Crippen LogP contribution in [0, 0.1) is 29.1 Å². The van der Waals surface area contributed by atoms with Crippen molar-refractivity contribution in [1.82, 2.24) is 0 Å². The van der Waals surface area contributed by atoms with E-state index in [-0.39, 0.29) is 17.4 Å². The lowest BCUT2D eigenvalue weighted by molar-refractivity contribution is -0.104. The SMILES string of the molecule is CCC(C)C(C)C1CC/C(=C/C=O)C(C)(CC)C1[C@@H](O)CC. The van der Waals surface area contributed by atoms with Gasteiger partial charge in [-0.05, 0) is 60.8 Å². The molecule has 1 fully saturated rings. The minimum atomic E-state index is -0.281. The van der Waals surface area contributed by atoms with Crippen LogP contribution in [0.15, 0.2) is 11.6 Å². The smallest absolute Gasteiger partial charge is 0.142 e. The van der Waals surface area contributed by atoms with Crippen molar-refractivity contribution in [2.45, 2.75) is 79.8 Å². The van der Waals surface area contributed by atoms with Gasteiger partial charge in [0.05, 0.1) is 6.10 Å². The number of aliphatic hydroxyl groups excluding tert-OH is 1. The Labute approximate surface area is 137 Å². The Hall–Kier alpha value is -0.630. The Kier molecular flexibility index (Phi) is 7.31. The Morgan fingerprint density at radius 3 is 2.36 bits per heavy atom. The van der Waals surface area contributed by atoms with Crippen molar-refractivity contribution in [2.75, 3.05) is 0 Å². The molecule has 5 unspecified atom stereocenters. The standard InChI is InChI=1S/C20H36O2/c1-7-14(4)15(5)17-11-10-16(12-13-21)20(6,9-3)19(17)18(22)8-2/h12-15,17-19,22H,7-11H2,1-6H3/b16-12-/t14?,15?,17?,18-,19?,20?/m0/s1. The second-order valence-electron chi connectivity index (χ2n) is 7.55. The molecule has 0 aromatic carbocycles. The molecule has 1 aliphatic rings. The van der Waals surface area contributed by atoms with Crippen molar-refractivity contribution in [3.8, 4) is 0 Å². The minimum Gasteiger partial charge on any atom is -0.393 e. The fourth-order valence-electron chi connectivity index (χ4n) is 4.64. The van der Waals surface area contributed by atoms with Crippen LogP contribution < -0.4 is 0 Å². The van der Waals surface area contributed by atoms with E-state index in [9.17, 15) is 9.90 Å².